The molecule has 0 radical (unpaired) electrons. The number of aromatic nitrogens is 1. The van der Waals surface area contributed by atoms with Crippen molar-refractivity contribution in [1.82, 2.24) is 4.98 Å². The van der Waals surface area contributed by atoms with Gasteiger partial charge in [0.1, 0.15) is 0 Å². The van der Waals surface area contributed by atoms with Crippen molar-refractivity contribution >= 4 is 4.29 Å². The average molecular weight is 351 g/mol. The summed E-state index contributed by atoms with van der Waals surface area (Å²) in [5, 5.41) is 5.11. The van der Waals surface area contributed by atoms with Gasteiger partial charge < -0.3 is 0 Å². The monoisotopic (exact) mass is 351 g/mol. The summed E-state index contributed by atoms with van der Waals surface area (Å²) in [6, 6.07) is 4.50. The molecule has 0 aliphatic heterocycles. The molecule has 2 heteroatoms. The molecule has 0 unspecified atom stereocenters. The topological polar surface area (TPSA) is 15.8 Å². The van der Waals surface area contributed by atoms with Crippen LogP contribution in [0.5, 0.6) is 0 Å². The van der Waals surface area contributed by atoms with Gasteiger partial charge in [0.25, 0.3) is 0 Å². The molecule has 0 fully saturated rings. The first kappa shape index (κ1) is 16.4. The minimum absolute atomic E-state index is 1.28. The van der Waals surface area contributed by atoms with Gasteiger partial charge in [0.05, 0.1) is 0 Å². The number of aromatic amines is 1. The van der Waals surface area contributed by atoms with Crippen molar-refractivity contribution in [3.05, 3.63) is 41.2 Å². The fraction of sp³-hybridized carbons (Fsp3) is 0.529. The van der Waals surface area contributed by atoms with E-state index in [0.29, 0.717) is 0 Å². The summed E-state index contributed by atoms with van der Waals surface area (Å²) in [4.78, 5) is 3.59. The normalized spacial score (nSPS) is 16.9. The van der Waals surface area contributed by atoms with Crippen LogP contribution in [-0.2, 0) is 12.4 Å². The van der Waals surface area contributed by atoms with E-state index in [1.807, 2.05) is 0 Å². The number of hydrogen-bond donors (Lipinski definition) is 1. The fourth-order valence-corrected chi connectivity index (χ4v) is 16.3. The van der Waals surface area contributed by atoms with Crippen molar-refractivity contribution in [3.63, 3.8) is 0 Å². The second-order valence-corrected chi connectivity index (χ2v) is 22.5. The Labute approximate surface area is 117 Å². The zero-order chi connectivity index (χ0) is 14.5. The molecule has 0 saturated heterocycles. The van der Waals surface area contributed by atoms with Crippen molar-refractivity contribution in [2.24, 2.45) is 0 Å². The Bertz CT molecular complexity index is 434. The molecule has 1 aromatic heterocycles. The Morgan fingerprint density at radius 2 is 1.58 bits per heavy atom. The summed E-state index contributed by atoms with van der Waals surface area (Å²) in [5.41, 5.74) is 0. The van der Waals surface area contributed by atoms with Gasteiger partial charge in [-0.3, -0.25) is 0 Å². The second kappa shape index (κ2) is 5.40. The molecule has 0 aliphatic rings. The molecule has 0 atom stereocenters. The van der Waals surface area contributed by atoms with Gasteiger partial charge >= 0.3 is 118 Å². The van der Waals surface area contributed by atoms with Gasteiger partial charge in [0.15, 0.2) is 0 Å². The molecule has 0 aliphatic carbocycles. The summed E-state index contributed by atoms with van der Waals surface area (Å²) < 4.78 is 4.16. The van der Waals surface area contributed by atoms with Crippen molar-refractivity contribution in [3.8, 4) is 0 Å². The van der Waals surface area contributed by atoms with Crippen LogP contribution in [0.1, 0.15) is 34.6 Å². The standard InChI is InChI=1S/C5H7.C4H4N.4C2H5.Ru/c1-3-5-4-2;1-2-4-5-3-1;4*1-2;/h1,3-5H,2H3;1-3,5H;4*1H2,2H3;. The maximum absolute atomic E-state index is 3.59. The number of hydrogen-bond acceptors (Lipinski definition) is 0. The van der Waals surface area contributed by atoms with Gasteiger partial charge in [-0.05, 0) is 0 Å². The van der Waals surface area contributed by atoms with Crippen LogP contribution >= 0.6 is 0 Å². The SMILES string of the molecule is CC=CC=[CH][Ru]([CH2]C)([CH2]C)([CH2]C)([CH2]C)[c]1ccc[nH]1. The summed E-state index contributed by atoms with van der Waals surface area (Å²) >= 11 is -3.20. The summed E-state index contributed by atoms with van der Waals surface area (Å²) in [6.45, 7) is 11.7. The van der Waals surface area contributed by atoms with Crippen LogP contribution in [0.3, 0.4) is 0 Å². The van der Waals surface area contributed by atoms with Crippen molar-refractivity contribution in [1.29, 1.82) is 0 Å². The summed E-state index contributed by atoms with van der Waals surface area (Å²) in [5.74, 6) is 0. The van der Waals surface area contributed by atoms with E-state index in [4.69, 9.17) is 0 Å². The van der Waals surface area contributed by atoms with Crippen molar-refractivity contribution < 1.29 is 12.4 Å². The average Bonchev–Trinajstić information content (AvgIpc) is 3.02. The Hall–Kier alpha value is -0.617. The molecule has 1 heterocycles. The first-order valence-corrected chi connectivity index (χ1v) is 14.1. The third kappa shape index (κ3) is 2.09. The Kier molecular flexibility index (Phi) is 4.68. The summed E-state index contributed by atoms with van der Waals surface area (Å²) in [6.07, 6.45) is 8.70. The van der Waals surface area contributed by atoms with E-state index in [1.54, 1.807) is 0 Å². The maximum atomic E-state index is 3.59. The van der Waals surface area contributed by atoms with E-state index in [2.05, 4.69) is 80.8 Å². The molecule has 112 valence electrons. The molecule has 1 N–H and O–H groups in total. The number of nitrogens with one attached hydrogen (secondary N) is 1. The molecular formula is C17H31NRu. The second-order valence-electron chi connectivity index (χ2n) is 5.08. The van der Waals surface area contributed by atoms with Crippen LogP contribution in [0.25, 0.3) is 0 Å². The van der Waals surface area contributed by atoms with Crippen LogP contribution in [0, 0.1) is 0 Å². The van der Waals surface area contributed by atoms with E-state index < -0.39 is 12.4 Å². The van der Waals surface area contributed by atoms with Crippen LogP contribution in [-0.4, -0.2) is 4.98 Å². The molecule has 1 nitrogen and oxygen atoms in total. The Balaban J connectivity index is 3.71. The fourth-order valence-electron chi connectivity index (χ4n) is 3.05. The Morgan fingerprint density at radius 1 is 1.00 bits per heavy atom. The Morgan fingerprint density at radius 3 is 1.95 bits per heavy atom. The third-order valence-electron chi connectivity index (χ3n) is 5.16. The predicted molar refractivity (Wildman–Crippen MR) is 86.3 cm³/mol. The van der Waals surface area contributed by atoms with E-state index in [1.165, 1.54) is 24.3 Å². The van der Waals surface area contributed by atoms with Crippen LogP contribution in [0.15, 0.2) is 41.2 Å². The van der Waals surface area contributed by atoms with Crippen LogP contribution < -0.4 is 4.29 Å². The van der Waals surface area contributed by atoms with Gasteiger partial charge in [-0.2, -0.15) is 0 Å². The van der Waals surface area contributed by atoms with Gasteiger partial charge in [0.2, 0.25) is 0 Å². The van der Waals surface area contributed by atoms with Gasteiger partial charge in [-0.1, -0.05) is 0 Å². The molecule has 0 spiro atoms. The molecule has 0 amide bonds. The first-order valence-electron chi connectivity index (χ1n) is 7.28. The van der Waals surface area contributed by atoms with Gasteiger partial charge in [0, 0.05) is 0 Å². The molecule has 1 rings (SSSR count). The summed E-state index contributed by atoms with van der Waals surface area (Å²) in [7, 11) is 0. The zero-order valence-corrected chi connectivity index (χ0v) is 15.0. The molecule has 0 saturated carbocycles. The molecule has 19 heavy (non-hydrogen) atoms. The number of H-pyrrole nitrogens is 1. The van der Waals surface area contributed by atoms with Crippen molar-refractivity contribution in [2.75, 3.05) is 0 Å². The molecule has 0 bridgehead atoms. The molecular weight excluding hydrogens is 319 g/mol. The van der Waals surface area contributed by atoms with E-state index in [9.17, 15) is 0 Å². The van der Waals surface area contributed by atoms with E-state index in [0.717, 1.165) is 0 Å². The molecule has 0 aromatic carbocycles. The van der Waals surface area contributed by atoms with Crippen molar-refractivity contribution in [2.45, 2.75) is 54.7 Å². The van der Waals surface area contributed by atoms with Crippen LogP contribution in [0.4, 0.5) is 0 Å². The number of allylic oxidation sites excluding steroid dienone is 3. The van der Waals surface area contributed by atoms with Gasteiger partial charge in [-0.25, -0.2) is 0 Å². The van der Waals surface area contributed by atoms with Gasteiger partial charge in [-0.15, -0.1) is 0 Å². The van der Waals surface area contributed by atoms with E-state index in [-0.39, 0.29) is 0 Å². The third-order valence-corrected chi connectivity index (χ3v) is 26.9. The van der Waals surface area contributed by atoms with Crippen LogP contribution in [0.2, 0.25) is 20.1 Å². The van der Waals surface area contributed by atoms with E-state index >= 15 is 0 Å². The molecule has 1 aromatic rings. The number of rotatable bonds is 7. The minimum atomic E-state index is -3.20. The quantitative estimate of drug-likeness (QED) is 0.479. The zero-order valence-electron chi connectivity index (χ0n) is 13.2. The predicted octanol–water partition coefficient (Wildman–Crippen LogP) is 5.71. The first-order chi connectivity index (χ1) is 9.03.